The first-order valence-electron chi connectivity index (χ1n) is 5.67. The van der Waals surface area contributed by atoms with Crippen LogP contribution >= 0.6 is 11.6 Å². The van der Waals surface area contributed by atoms with Crippen LogP contribution in [0.4, 0.5) is 10.3 Å². The molecule has 0 fully saturated rings. The van der Waals surface area contributed by atoms with E-state index in [-0.39, 0.29) is 5.88 Å². The van der Waals surface area contributed by atoms with E-state index in [2.05, 4.69) is 20.4 Å². The van der Waals surface area contributed by atoms with Crippen LogP contribution in [0.2, 0.25) is 5.02 Å². The van der Waals surface area contributed by atoms with Crippen molar-refractivity contribution in [1.82, 2.24) is 19.7 Å². The second-order valence-electron chi connectivity index (χ2n) is 3.75. The Morgan fingerprint density at radius 1 is 1.47 bits per heavy atom. The van der Waals surface area contributed by atoms with Gasteiger partial charge in [-0.25, -0.2) is 4.98 Å². The van der Waals surface area contributed by atoms with Crippen molar-refractivity contribution < 1.29 is 9.13 Å². The molecule has 6 nitrogen and oxygen atoms in total. The van der Waals surface area contributed by atoms with E-state index >= 15 is 0 Å². The van der Waals surface area contributed by atoms with Gasteiger partial charge in [0.1, 0.15) is 0 Å². The lowest BCUT2D eigenvalue weighted by Gasteiger charge is -2.06. The number of nitrogens with zero attached hydrogens (tertiary/aromatic N) is 4. The lowest BCUT2D eigenvalue weighted by atomic mass is 10.4. The van der Waals surface area contributed by atoms with Crippen molar-refractivity contribution in [2.45, 2.75) is 13.0 Å². The van der Waals surface area contributed by atoms with Crippen LogP contribution < -0.4 is 10.1 Å². The number of anilines is 1. The van der Waals surface area contributed by atoms with Crippen molar-refractivity contribution in [3.63, 3.8) is 0 Å². The van der Waals surface area contributed by atoms with E-state index in [9.17, 15) is 4.39 Å². The maximum Gasteiger partial charge on any atom is 0.255 e. The monoisotopic (exact) mass is 285 g/mol. The molecule has 0 amide bonds. The Balaban J connectivity index is 1.79. The molecule has 102 valence electrons. The van der Waals surface area contributed by atoms with E-state index in [1.54, 1.807) is 17.1 Å². The van der Waals surface area contributed by atoms with E-state index in [1.807, 2.05) is 0 Å². The summed E-state index contributed by atoms with van der Waals surface area (Å²) in [6.45, 7) is 1.35. The van der Waals surface area contributed by atoms with Gasteiger partial charge in [-0.2, -0.15) is 14.5 Å². The van der Waals surface area contributed by atoms with Crippen LogP contribution in [0.1, 0.15) is 6.42 Å². The first-order valence-corrected chi connectivity index (χ1v) is 6.05. The molecule has 0 radical (unpaired) electrons. The fourth-order valence-electron chi connectivity index (χ4n) is 1.48. The molecule has 0 spiro atoms. The van der Waals surface area contributed by atoms with Gasteiger partial charge < -0.3 is 10.1 Å². The maximum atomic E-state index is 13.1. The van der Waals surface area contributed by atoms with Gasteiger partial charge in [0, 0.05) is 19.3 Å². The quantitative estimate of drug-likeness (QED) is 0.822. The Hall–Kier alpha value is -1.89. The molecule has 1 N–H and O–H groups in total. The average Bonchev–Trinajstić information content (AvgIpc) is 2.82. The van der Waals surface area contributed by atoms with Gasteiger partial charge in [0.2, 0.25) is 11.8 Å². The third kappa shape index (κ3) is 3.78. The summed E-state index contributed by atoms with van der Waals surface area (Å²) < 4.78 is 19.6. The predicted octanol–water partition coefficient (Wildman–Crippen LogP) is 1.98. The summed E-state index contributed by atoms with van der Waals surface area (Å²) in [5.74, 6) is -0.327. The summed E-state index contributed by atoms with van der Waals surface area (Å²) >= 11 is 5.75. The molecule has 2 aromatic heterocycles. The summed E-state index contributed by atoms with van der Waals surface area (Å²) in [5.41, 5.74) is 0. The summed E-state index contributed by atoms with van der Waals surface area (Å²) in [5, 5.41) is 7.65. The molecule has 0 bridgehead atoms. The normalized spacial score (nSPS) is 10.5. The van der Waals surface area contributed by atoms with Gasteiger partial charge in [-0.1, -0.05) is 11.6 Å². The van der Waals surface area contributed by atoms with Crippen molar-refractivity contribution in [3.8, 4) is 5.88 Å². The Labute approximate surface area is 114 Å². The van der Waals surface area contributed by atoms with Gasteiger partial charge in [0.25, 0.3) is 5.88 Å². The number of rotatable bonds is 6. The largest absolute Gasteiger partial charge is 0.479 e. The highest BCUT2D eigenvalue weighted by Gasteiger charge is 2.06. The van der Waals surface area contributed by atoms with Crippen molar-refractivity contribution in [2.75, 3.05) is 19.0 Å². The first kappa shape index (κ1) is 13.5. The SMILES string of the molecule is COc1nc(NCCCn2cc(Cl)cn2)ncc1F. The summed E-state index contributed by atoms with van der Waals surface area (Å²) in [4.78, 5) is 7.69. The minimum Gasteiger partial charge on any atom is -0.479 e. The second-order valence-corrected chi connectivity index (χ2v) is 4.19. The van der Waals surface area contributed by atoms with Crippen LogP contribution in [0.3, 0.4) is 0 Å². The smallest absolute Gasteiger partial charge is 0.255 e. The molecule has 2 rings (SSSR count). The number of hydrogen-bond donors (Lipinski definition) is 1. The minimum atomic E-state index is -0.584. The molecule has 0 saturated carbocycles. The third-order valence-corrected chi connectivity index (χ3v) is 2.55. The Morgan fingerprint density at radius 3 is 3.00 bits per heavy atom. The predicted molar refractivity (Wildman–Crippen MR) is 68.9 cm³/mol. The Morgan fingerprint density at radius 2 is 2.32 bits per heavy atom. The minimum absolute atomic E-state index is 0.0728. The zero-order valence-corrected chi connectivity index (χ0v) is 11.1. The number of methoxy groups -OCH3 is 1. The topological polar surface area (TPSA) is 64.9 Å². The van der Waals surface area contributed by atoms with Gasteiger partial charge in [-0.05, 0) is 6.42 Å². The number of aryl methyl sites for hydroxylation is 1. The second kappa shape index (κ2) is 6.33. The van der Waals surface area contributed by atoms with Gasteiger partial charge in [-0.15, -0.1) is 0 Å². The molecule has 0 saturated heterocycles. The van der Waals surface area contributed by atoms with Crippen LogP contribution in [0.5, 0.6) is 5.88 Å². The molecule has 2 heterocycles. The highest BCUT2D eigenvalue weighted by atomic mass is 35.5. The summed E-state index contributed by atoms with van der Waals surface area (Å²) in [7, 11) is 1.36. The van der Waals surface area contributed by atoms with Crippen molar-refractivity contribution in [2.24, 2.45) is 0 Å². The average molecular weight is 286 g/mol. The van der Waals surface area contributed by atoms with E-state index in [0.717, 1.165) is 19.2 Å². The van der Waals surface area contributed by atoms with Gasteiger partial charge >= 0.3 is 0 Å². The van der Waals surface area contributed by atoms with Crippen molar-refractivity contribution in [1.29, 1.82) is 0 Å². The first-order chi connectivity index (χ1) is 9.19. The molecule has 0 aromatic carbocycles. The molecular formula is C11H13ClFN5O. The molecular weight excluding hydrogens is 273 g/mol. The standard InChI is InChI=1S/C11H13ClFN5O/c1-19-10-9(13)6-15-11(17-10)14-3-2-4-18-7-8(12)5-16-18/h5-7H,2-4H2,1H3,(H,14,15,17). The molecule has 0 unspecified atom stereocenters. The molecule has 0 aliphatic carbocycles. The van der Waals surface area contributed by atoms with Crippen LogP contribution in [-0.4, -0.2) is 33.4 Å². The van der Waals surface area contributed by atoms with Crippen LogP contribution in [0.25, 0.3) is 0 Å². The fraction of sp³-hybridized carbons (Fsp3) is 0.364. The lowest BCUT2D eigenvalue weighted by molar-refractivity contribution is 0.367. The van der Waals surface area contributed by atoms with E-state index in [0.29, 0.717) is 17.5 Å². The Kier molecular flexibility index (Phi) is 4.51. The van der Waals surface area contributed by atoms with Crippen LogP contribution in [0, 0.1) is 5.82 Å². The zero-order chi connectivity index (χ0) is 13.7. The number of nitrogens with one attached hydrogen (secondary N) is 1. The highest BCUT2D eigenvalue weighted by Crippen LogP contribution is 2.13. The fourth-order valence-corrected chi connectivity index (χ4v) is 1.64. The lowest BCUT2D eigenvalue weighted by Crippen LogP contribution is -2.10. The Bertz CT molecular complexity index is 548. The summed E-state index contributed by atoms with van der Waals surface area (Å²) in [6, 6.07) is 0. The summed E-state index contributed by atoms with van der Waals surface area (Å²) in [6.07, 6.45) is 5.21. The van der Waals surface area contributed by atoms with E-state index in [4.69, 9.17) is 16.3 Å². The highest BCUT2D eigenvalue weighted by molar-refractivity contribution is 6.30. The maximum absolute atomic E-state index is 13.1. The molecule has 19 heavy (non-hydrogen) atoms. The molecule has 0 aliphatic heterocycles. The zero-order valence-electron chi connectivity index (χ0n) is 10.3. The van der Waals surface area contributed by atoms with E-state index < -0.39 is 5.82 Å². The van der Waals surface area contributed by atoms with E-state index in [1.165, 1.54) is 7.11 Å². The van der Waals surface area contributed by atoms with Crippen LogP contribution in [-0.2, 0) is 6.54 Å². The number of ether oxygens (including phenoxy) is 1. The van der Waals surface area contributed by atoms with Crippen molar-refractivity contribution in [3.05, 3.63) is 29.4 Å². The van der Waals surface area contributed by atoms with Crippen LogP contribution in [0.15, 0.2) is 18.6 Å². The number of halogens is 2. The third-order valence-electron chi connectivity index (χ3n) is 2.35. The number of aromatic nitrogens is 4. The molecule has 2 aromatic rings. The van der Waals surface area contributed by atoms with Gasteiger partial charge in [0.15, 0.2) is 0 Å². The molecule has 0 atom stereocenters. The molecule has 8 heteroatoms. The molecule has 0 aliphatic rings. The van der Waals surface area contributed by atoms with Crippen molar-refractivity contribution >= 4 is 17.5 Å². The van der Waals surface area contributed by atoms with Gasteiger partial charge in [0.05, 0.1) is 24.5 Å². The number of hydrogen-bond acceptors (Lipinski definition) is 5. The van der Waals surface area contributed by atoms with Gasteiger partial charge in [-0.3, -0.25) is 4.68 Å².